The van der Waals surface area contributed by atoms with E-state index in [1.165, 1.54) is 5.56 Å². The highest BCUT2D eigenvalue weighted by Crippen LogP contribution is 2.35. The van der Waals surface area contributed by atoms with Gasteiger partial charge in [-0.05, 0) is 61.2 Å². The van der Waals surface area contributed by atoms with Crippen LogP contribution < -0.4 is 15.3 Å². The highest BCUT2D eigenvalue weighted by molar-refractivity contribution is 9.10. The molecule has 0 saturated heterocycles. The first-order valence-electron chi connectivity index (χ1n) is 9.29. The first-order valence-corrected chi connectivity index (χ1v) is 10.1. The molecule has 2 aromatic carbocycles. The van der Waals surface area contributed by atoms with Gasteiger partial charge < -0.3 is 14.1 Å². The van der Waals surface area contributed by atoms with Gasteiger partial charge >= 0.3 is 5.63 Å². The van der Waals surface area contributed by atoms with Gasteiger partial charge in [0.15, 0.2) is 6.73 Å². The lowest BCUT2D eigenvalue weighted by molar-refractivity contribution is 0.289. The Labute approximate surface area is 166 Å². The number of unbranched alkanes of at least 4 members (excludes halogenated alkanes) is 1. The number of aryl methyl sites for hydroxylation is 2. The summed E-state index contributed by atoms with van der Waals surface area (Å²) in [7, 11) is 0. The molecule has 0 N–H and O–H groups in total. The standard InChI is InChI=1S/C22H22BrNO3/c1-3-4-5-15-11-21(25)27-22-17(15)7-9-20-18(22)12-24(13-26-20)16-6-8-19(23)14(2)10-16/h6-11H,3-5,12-13H2,1-2H3. The monoisotopic (exact) mass is 427 g/mol. The Morgan fingerprint density at radius 3 is 2.81 bits per heavy atom. The highest BCUT2D eigenvalue weighted by Gasteiger charge is 2.23. The number of rotatable bonds is 4. The Balaban J connectivity index is 1.78. The normalized spacial score (nSPS) is 13.5. The van der Waals surface area contributed by atoms with E-state index >= 15 is 0 Å². The third kappa shape index (κ3) is 3.48. The van der Waals surface area contributed by atoms with Crippen LogP contribution in [0.15, 0.2) is 50.1 Å². The van der Waals surface area contributed by atoms with Crippen molar-refractivity contribution >= 4 is 32.6 Å². The van der Waals surface area contributed by atoms with Crippen LogP contribution in [0.1, 0.15) is 36.5 Å². The molecule has 0 unspecified atom stereocenters. The molecule has 1 aliphatic heterocycles. The number of halogens is 1. The molecule has 0 aliphatic carbocycles. The SMILES string of the molecule is CCCCc1cc(=O)oc2c3c(ccc12)OCN(c1ccc(Br)c(C)c1)C3. The van der Waals surface area contributed by atoms with E-state index in [0.717, 1.165) is 51.7 Å². The van der Waals surface area contributed by atoms with Gasteiger partial charge in [0.1, 0.15) is 11.3 Å². The predicted molar refractivity (Wildman–Crippen MR) is 112 cm³/mol. The molecule has 27 heavy (non-hydrogen) atoms. The van der Waals surface area contributed by atoms with Crippen molar-refractivity contribution in [2.45, 2.75) is 39.7 Å². The van der Waals surface area contributed by atoms with Crippen LogP contribution in [0.3, 0.4) is 0 Å². The lowest BCUT2D eigenvalue weighted by atomic mass is 10.0. The van der Waals surface area contributed by atoms with E-state index in [0.29, 0.717) is 18.9 Å². The van der Waals surface area contributed by atoms with Gasteiger partial charge in [0.25, 0.3) is 0 Å². The predicted octanol–water partition coefficient (Wildman–Crippen LogP) is 5.56. The van der Waals surface area contributed by atoms with Gasteiger partial charge in [-0.2, -0.15) is 0 Å². The first-order chi connectivity index (χ1) is 13.1. The van der Waals surface area contributed by atoms with E-state index in [1.54, 1.807) is 6.07 Å². The number of hydrogen-bond acceptors (Lipinski definition) is 4. The molecule has 0 saturated carbocycles. The summed E-state index contributed by atoms with van der Waals surface area (Å²) in [5, 5.41) is 1.01. The van der Waals surface area contributed by atoms with Crippen LogP contribution in [0.4, 0.5) is 5.69 Å². The van der Waals surface area contributed by atoms with Gasteiger partial charge in [0.05, 0.1) is 12.1 Å². The quantitative estimate of drug-likeness (QED) is 0.510. The van der Waals surface area contributed by atoms with Crippen molar-refractivity contribution in [3.8, 4) is 5.75 Å². The molecule has 140 valence electrons. The van der Waals surface area contributed by atoms with Gasteiger partial charge in [-0.25, -0.2) is 4.79 Å². The van der Waals surface area contributed by atoms with Gasteiger partial charge in [0, 0.05) is 21.6 Å². The van der Waals surface area contributed by atoms with Crippen molar-refractivity contribution < 1.29 is 9.15 Å². The second-order valence-electron chi connectivity index (χ2n) is 7.02. The molecule has 5 heteroatoms. The zero-order valence-electron chi connectivity index (χ0n) is 15.5. The topological polar surface area (TPSA) is 42.7 Å². The second kappa shape index (κ2) is 7.39. The third-order valence-corrected chi connectivity index (χ3v) is 5.98. The zero-order chi connectivity index (χ0) is 19.0. The van der Waals surface area contributed by atoms with Crippen molar-refractivity contribution in [1.29, 1.82) is 0 Å². The fourth-order valence-corrected chi connectivity index (χ4v) is 3.81. The molecule has 4 nitrogen and oxygen atoms in total. The largest absolute Gasteiger partial charge is 0.473 e. The van der Waals surface area contributed by atoms with E-state index in [4.69, 9.17) is 9.15 Å². The van der Waals surface area contributed by atoms with Gasteiger partial charge in [0.2, 0.25) is 0 Å². The second-order valence-corrected chi connectivity index (χ2v) is 7.87. The van der Waals surface area contributed by atoms with Crippen molar-refractivity contribution in [2.24, 2.45) is 0 Å². The summed E-state index contributed by atoms with van der Waals surface area (Å²) in [6.07, 6.45) is 3.02. The highest BCUT2D eigenvalue weighted by atomic mass is 79.9. The molecule has 4 rings (SSSR count). The molecule has 0 radical (unpaired) electrons. The molecule has 3 aromatic rings. The molecule has 1 aliphatic rings. The number of benzene rings is 2. The molecule has 0 fully saturated rings. The van der Waals surface area contributed by atoms with E-state index in [9.17, 15) is 4.79 Å². The van der Waals surface area contributed by atoms with Crippen LogP contribution in [0.5, 0.6) is 5.75 Å². The third-order valence-electron chi connectivity index (χ3n) is 5.09. The maximum atomic E-state index is 12.2. The number of hydrogen-bond donors (Lipinski definition) is 0. The zero-order valence-corrected chi connectivity index (χ0v) is 17.1. The fourth-order valence-electron chi connectivity index (χ4n) is 3.56. The Morgan fingerprint density at radius 1 is 1.19 bits per heavy atom. The molecular formula is C22H22BrNO3. The van der Waals surface area contributed by atoms with E-state index in [-0.39, 0.29) is 5.63 Å². The Hall–Kier alpha value is -2.27. The first kappa shape index (κ1) is 18.1. The molecule has 0 bridgehead atoms. The summed E-state index contributed by atoms with van der Waals surface area (Å²) in [4.78, 5) is 14.3. The summed E-state index contributed by atoms with van der Waals surface area (Å²) in [6.45, 7) is 5.34. The van der Waals surface area contributed by atoms with E-state index in [1.807, 2.05) is 18.2 Å². The van der Waals surface area contributed by atoms with Crippen LogP contribution in [0.25, 0.3) is 11.0 Å². The summed E-state index contributed by atoms with van der Waals surface area (Å²) in [5.74, 6) is 0.795. The van der Waals surface area contributed by atoms with Crippen LogP contribution >= 0.6 is 15.9 Å². The number of anilines is 1. The molecular weight excluding hydrogens is 406 g/mol. The average molecular weight is 428 g/mol. The van der Waals surface area contributed by atoms with Gasteiger partial charge in [-0.15, -0.1) is 0 Å². The minimum Gasteiger partial charge on any atom is -0.473 e. The van der Waals surface area contributed by atoms with Crippen molar-refractivity contribution in [3.63, 3.8) is 0 Å². The Morgan fingerprint density at radius 2 is 2.04 bits per heavy atom. The molecule has 1 aromatic heterocycles. The van der Waals surface area contributed by atoms with Crippen molar-refractivity contribution in [1.82, 2.24) is 0 Å². The summed E-state index contributed by atoms with van der Waals surface area (Å²) < 4.78 is 12.7. The van der Waals surface area contributed by atoms with Crippen LogP contribution in [-0.4, -0.2) is 6.73 Å². The maximum absolute atomic E-state index is 12.2. The minimum atomic E-state index is -0.293. The minimum absolute atomic E-state index is 0.293. The summed E-state index contributed by atoms with van der Waals surface area (Å²) >= 11 is 3.55. The van der Waals surface area contributed by atoms with Gasteiger partial charge in [-0.1, -0.05) is 29.3 Å². The summed E-state index contributed by atoms with van der Waals surface area (Å²) in [5.41, 5.74) is 4.62. The molecule has 0 spiro atoms. The lowest BCUT2D eigenvalue weighted by Gasteiger charge is -2.31. The number of nitrogens with zero attached hydrogens (tertiary/aromatic N) is 1. The van der Waals surface area contributed by atoms with Crippen molar-refractivity contribution in [3.05, 3.63) is 68.0 Å². The smallest absolute Gasteiger partial charge is 0.336 e. The summed E-state index contributed by atoms with van der Waals surface area (Å²) in [6, 6.07) is 11.9. The molecule has 2 heterocycles. The van der Waals surface area contributed by atoms with Crippen LogP contribution in [-0.2, 0) is 13.0 Å². The number of ether oxygens (including phenoxy) is 1. The van der Waals surface area contributed by atoms with Crippen LogP contribution in [0.2, 0.25) is 0 Å². The van der Waals surface area contributed by atoms with Crippen molar-refractivity contribution in [2.75, 3.05) is 11.6 Å². The molecule has 0 atom stereocenters. The Bertz CT molecular complexity index is 1060. The molecule has 0 amide bonds. The Kier molecular flexibility index (Phi) is 4.96. The average Bonchev–Trinajstić information content (AvgIpc) is 2.67. The van der Waals surface area contributed by atoms with E-state index < -0.39 is 0 Å². The fraction of sp³-hybridized carbons (Fsp3) is 0.318. The van der Waals surface area contributed by atoms with Gasteiger partial charge in [-0.3, -0.25) is 0 Å². The van der Waals surface area contributed by atoms with E-state index in [2.05, 4.69) is 46.8 Å². The van der Waals surface area contributed by atoms with Crippen LogP contribution in [0, 0.1) is 6.92 Å². The maximum Gasteiger partial charge on any atom is 0.336 e. The number of fused-ring (bicyclic) bond motifs is 3. The lowest BCUT2D eigenvalue weighted by Crippen LogP contribution is -2.32.